The Balaban J connectivity index is 1.80. The fourth-order valence-corrected chi connectivity index (χ4v) is 2.84. The predicted octanol–water partition coefficient (Wildman–Crippen LogP) is 4.29. The maximum atomic E-state index is 12.6. The van der Waals surface area contributed by atoms with Gasteiger partial charge in [-0.2, -0.15) is 13.2 Å². The Hall–Kier alpha value is -2.48. The number of carbonyl (C=O) groups excluding carboxylic acids is 2. The zero-order valence-electron chi connectivity index (χ0n) is 13.8. The third-order valence-corrected chi connectivity index (χ3v) is 4.43. The quantitative estimate of drug-likeness (QED) is 0.597. The molecule has 2 aromatic carbocycles. The molecule has 1 amide bonds. The number of hydrogen-bond donors (Lipinski definition) is 1. The Morgan fingerprint density at radius 2 is 1.85 bits per heavy atom. The van der Waals surface area contributed by atoms with Crippen LogP contribution in [0.1, 0.15) is 11.1 Å². The van der Waals surface area contributed by atoms with Gasteiger partial charge < -0.3 is 10.1 Å². The van der Waals surface area contributed by atoms with E-state index in [0.29, 0.717) is 0 Å². The molecule has 0 aliphatic heterocycles. The number of halogens is 3. The molecule has 138 valence electrons. The third kappa shape index (κ3) is 6.11. The third-order valence-electron chi connectivity index (χ3n) is 3.28. The first kappa shape index (κ1) is 19.8. The van der Waals surface area contributed by atoms with E-state index in [1.54, 1.807) is 0 Å². The Kier molecular flexibility index (Phi) is 6.68. The summed E-state index contributed by atoms with van der Waals surface area (Å²) in [6.45, 7) is 1.35. The van der Waals surface area contributed by atoms with Crippen molar-refractivity contribution in [3.8, 4) is 0 Å². The number of ether oxygens (including phenoxy) is 1. The minimum absolute atomic E-state index is 0.0184. The minimum atomic E-state index is -4.50. The van der Waals surface area contributed by atoms with Crippen LogP contribution in [0.3, 0.4) is 0 Å². The molecule has 0 aliphatic carbocycles. The monoisotopic (exact) mass is 383 g/mol. The Bertz CT molecular complexity index is 793. The topological polar surface area (TPSA) is 55.4 Å². The maximum absolute atomic E-state index is 12.6. The first-order valence-corrected chi connectivity index (χ1v) is 8.55. The zero-order chi connectivity index (χ0) is 19.2. The van der Waals surface area contributed by atoms with Crippen LogP contribution in [0, 0.1) is 6.92 Å². The molecule has 0 aromatic heterocycles. The smallest absolute Gasteiger partial charge is 0.416 e. The Labute approximate surface area is 152 Å². The van der Waals surface area contributed by atoms with E-state index in [2.05, 4.69) is 5.32 Å². The molecule has 0 heterocycles. The van der Waals surface area contributed by atoms with Crippen LogP contribution in [-0.4, -0.2) is 24.2 Å². The second-order valence-electron chi connectivity index (χ2n) is 5.34. The van der Waals surface area contributed by atoms with Crippen LogP contribution in [0.15, 0.2) is 53.4 Å². The van der Waals surface area contributed by atoms with Gasteiger partial charge in [-0.1, -0.05) is 24.3 Å². The van der Waals surface area contributed by atoms with E-state index in [0.717, 1.165) is 22.6 Å². The van der Waals surface area contributed by atoms with Gasteiger partial charge in [0.05, 0.1) is 11.3 Å². The minimum Gasteiger partial charge on any atom is -0.455 e. The highest BCUT2D eigenvalue weighted by molar-refractivity contribution is 8.00. The van der Waals surface area contributed by atoms with Crippen LogP contribution in [-0.2, 0) is 20.5 Å². The summed E-state index contributed by atoms with van der Waals surface area (Å²) in [5.74, 6) is -1.27. The van der Waals surface area contributed by atoms with Gasteiger partial charge >= 0.3 is 12.1 Å². The van der Waals surface area contributed by atoms with Crippen molar-refractivity contribution in [3.05, 3.63) is 59.7 Å². The number of thioether (sulfide) groups is 1. The SMILES string of the molecule is Cc1ccccc1SCC(=O)OCC(=O)Nc1cccc(C(F)(F)F)c1. The standard InChI is InChI=1S/C18H16F3NO3S/c1-12-5-2-3-8-15(12)26-11-17(24)25-10-16(23)22-14-7-4-6-13(9-14)18(19,20)21/h2-9H,10-11H2,1H3,(H,22,23). The van der Waals surface area contributed by atoms with Crippen LogP contribution in [0.25, 0.3) is 0 Å². The number of carbonyl (C=O) groups is 2. The van der Waals surface area contributed by atoms with Gasteiger partial charge in [0.2, 0.25) is 0 Å². The van der Waals surface area contributed by atoms with Crippen LogP contribution < -0.4 is 5.32 Å². The number of alkyl halides is 3. The summed E-state index contributed by atoms with van der Waals surface area (Å²) in [6.07, 6.45) is -4.50. The van der Waals surface area contributed by atoms with Crippen LogP contribution in [0.2, 0.25) is 0 Å². The summed E-state index contributed by atoms with van der Waals surface area (Å²) in [5, 5.41) is 2.27. The van der Waals surface area contributed by atoms with Gasteiger partial charge in [-0.3, -0.25) is 9.59 Å². The first-order valence-electron chi connectivity index (χ1n) is 7.57. The average Bonchev–Trinajstić information content (AvgIpc) is 2.59. The highest BCUT2D eigenvalue weighted by atomic mass is 32.2. The van der Waals surface area contributed by atoms with E-state index in [1.807, 2.05) is 31.2 Å². The number of rotatable bonds is 6. The molecule has 0 saturated heterocycles. The van der Waals surface area contributed by atoms with Gasteiger partial charge in [0.15, 0.2) is 6.61 Å². The highest BCUT2D eigenvalue weighted by Crippen LogP contribution is 2.30. The molecule has 2 aromatic rings. The Morgan fingerprint density at radius 3 is 2.54 bits per heavy atom. The molecular weight excluding hydrogens is 367 g/mol. The van der Waals surface area contributed by atoms with Crippen LogP contribution in [0.5, 0.6) is 0 Å². The number of anilines is 1. The molecule has 0 radical (unpaired) electrons. The molecule has 4 nitrogen and oxygen atoms in total. The number of benzene rings is 2. The largest absolute Gasteiger partial charge is 0.455 e. The number of esters is 1. The van der Waals surface area contributed by atoms with E-state index < -0.39 is 30.2 Å². The molecule has 0 atom stereocenters. The fraction of sp³-hybridized carbons (Fsp3) is 0.222. The van der Waals surface area contributed by atoms with Crippen LogP contribution in [0.4, 0.5) is 18.9 Å². The average molecular weight is 383 g/mol. The van der Waals surface area contributed by atoms with Crippen LogP contribution >= 0.6 is 11.8 Å². The van der Waals surface area contributed by atoms with Crippen molar-refractivity contribution in [2.45, 2.75) is 18.0 Å². The fourth-order valence-electron chi connectivity index (χ4n) is 2.01. The lowest BCUT2D eigenvalue weighted by molar-refractivity contribution is -0.144. The summed E-state index contributed by atoms with van der Waals surface area (Å²) in [6, 6.07) is 11.7. The number of nitrogens with one attached hydrogen (secondary N) is 1. The molecule has 1 N–H and O–H groups in total. The van der Waals surface area contributed by atoms with E-state index in [4.69, 9.17) is 4.74 Å². The van der Waals surface area contributed by atoms with Crippen molar-refractivity contribution >= 4 is 29.3 Å². The van der Waals surface area contributed by atoms with Gasteiger partial charge in [0.25, 0.3) is 5.91 Å². The predicted molar refractivity (Wildman–Crippen MR) is 92.9 cm³/mol. The molecule has 0 bridgehead atoms. The number of amides is 1. The van der Waals surface area contributed by atoms with Crippen molar-refractivity contribution in [1.29, 1.82) is 0 Å². The van der Waals surface area contributed by atoms with Crippen molar-refractivity contribution in [3.63, 3.8) is 0 Å². The molecular formula is C18H16F3NO3S. The zero-order valence-corrected chi connectivity index (χ0v) is 14.6. The van der Waals surface area contributed by atoms with Crippen molar-refractivity contribution in [2.24, 2.45) is 0 Å². The maximum Gasteiger partial charge on any atom is 0.416 e. The summed E-state index contributed by atoms with van der Waals surface area (Å²) in [5.41, 5.74) is 0.129. The molecule has 0 aliphatic rings. The van der Waals surface area contributed by atoms with Crippen molar-refractivity contribution in [2.75, 3.05) is 17.7 Å². The lowest BCUT2D eigenvalue weighted by Crippen LogP contribution is -2.21. The Morgan fingerprint density at radius 1 is 1.12 bits per heavy atom. The van der Waals surface area contributed by atoms with E-state index in [-0.39, 0.29) is 11.4 Å². The molecule has 0 unspecified atom stereocenters. The summed E-state index contributed by atoms with van der Waals surface area (Å²) >= 11 is 1.28. The van der Waals surface area contributed by atoms with Gasteiger partial charge in [-0.05, 0) is 36.8 Å². The lowest BCUT2D eigenvalue weighted by atomic mass is 10.2. The van der Waals surface area contributed by atoms with Gasteiger partial charge in [0, 0.05) is 10.6 Å². The van der Waals surface area contributed by atoms with E-state index in [1.165, 1.54) is 23.9 Å². The first-order chi connectivity index (χ1) is 12.3. The highest BCUT2D eigenvalue weighted by Gasteiger charge is 2.30. The molecule has 8 heteroatoms. The van der Waals surface area contributed by atoms with Crippen molar-refractivity contribution in [1.82, 2.24) is 0 Å². The summed E-state index contributed by atoms with van der Waals surface area (Å²) < 4.78 is 42.7. The van der Waals surface area contributed by atoms with E-state index >= 15 is 0 Å². The number of hydrogen-bond acceptors (Lipinski definition) is 4. The number of aryl methyl sites for hydroxylation is 1. The molecule has 2 rings (SSSR count). The molecule has 0 saturated carbocycles. The molecule has 0 fully saturated rings. The van der Waals surface area contributed by atoms with Gasteiger partial charge in [-0.25, -0.2) is 0 Å². The van der Waals surface area contributed by atoms with E-state index in [9.17, 15) is 22.8 Å². The van der Waals surface area contributed by atoms with Gasteiger partial charge in [-0.15, -0.1) is 11.8 Å². The van der Waals surface area contributed by atoms with Crippen molar-refractivity contribution < 1.29 is 27.5 Å². The summed E-state index contributed by atoms with van der Waals surface area (Å²) in [7, 11) is 0. The van der Waals surface area contributed by atoms with Gasteiger partial charge in [0.1, 0.15) is 0 Å². The molecule has 26 heavy (non-hydrogen) atoms. The summed E-state index contributed by atoms with van der Waals surface area (Å²) in [4.78, 5) is 24.4. The molecule has 0 spiro atoms. The second-order valence-corrected chi connectivity index (χ2v) is 6.36. The lowest BCUT2D eigenvalue weighted by Gasteiger charge is -2.10. The normalized spacial score (nSPS) is 11.1. The second kappa shape index (κ2) is 8.75.